The number of benzene rings is 2. The highest BCUT2D eigenvalue weighted by molar-refractivity contribution is 6.12. The Morgan fingerprint density at radius 3 is 2.32 bits per heavy atom. The first-order valence-corrected chi connectivity index (χ1v) is 10.0. The van der Waals surface area contributed by atoms with E-state index in [0.717, 1.165) is 22.4 Å². The van der Waals surface area contributed by atoms with Crippen LogP contribution in [0, 0.1) is 6.92 Å². The number of H-pyrrole nitrogens is 1. The minimum absolute atomic E-state index is 0.149. The summed E-state index contributed by atoms with van der Waals surface area (Å²) in [6, 6.07) is 18.7. The van der Waals surface area contributed by atoms with Crippen molar-refractivity contribution in [3.8, 4) is 11.3 Å². The van der Waals surface area contributed by atoms with E-state index in [1.807, 2.05) is 68.4 Å². The van der Waals surface area contributed by atoms with Crippen molar-refractivity contribution in [2.75, 3.05) is 7.11 Å². The maximum absolute atomic E-state index is 12.5. The molecular formula is C25H25N3O3. The van der Waals surface area contributed by atoms with E-state index >= 15 is 0 Å². The standard InChI is InChI=1S/C25H25N3O3/c1-5-21(18-9-7-6-8-10-18)28-27-17(3)23-20(25(30)31-4)15-22(29)26-24(23)19-13-11-16(2)12-14-19/h6-15H,5H2,1-4H3,(H,26,29)/b27-17+,28-21-. The first-order valence-electron chi connectivity index (χ1n) is 10.0. The van der Waals surface area contributed by atoms with E-state index in [-0.39, 0.29) is 5.56 Å². The highest BCUT2D eigenvalue weighted by atomic mass is 16.5. The highest BCUT2D eigenvalue weighted by Gasteiger charge is 2.21. The second kappa shape index (κ2) is 9.80. The van der Waals surface area contributed by atoms with Gasteiger partial charge in [0.05, 0.1) is 29.8 Å². The van der Waals surface area contributed by atoms with Crippen LogP contribution in [0.4, 0.5) is 0 Å². The number of aromatic nitrogens is 1. The summed E-state index contributed by atoms with van der Waals surface area (Å²) >= 11 is 0. The summed E-state index contributed by atoms with van der Waals surface area (Å²) in [5.74, 6) is -0.605. The van der Waals surface area contributed by atoms with Crippen LogP contribution in [0.5, 0.6) is 0 Å². The predicted molar refractivity (Wildman–Crippen MR) is 124 cm³/mol. The Labute approximate surface area is 181 Å². The van der Waals surface area contributed by atoms with E-state index in [1.54, 1.807) is 6.92 Å². The molecule has 0 aliphatic rings. The van der Waals surface area contributed by atoms with Crippen molar-refractivity contribution < 1.29 is 9.53 Å². The third kappa shape index (κ3) is 5.04. The van der Waals surface area contributed by atoms with Crippen LogP contribution in [-0.4, -0.2) is 29.5 Å². The van der Waals surface area contributed by atoms with Crippen molar-refractivity contribution in [3.05, 3.63) is 93.3 Å². The van der Waals surface area contributed by atoms with Gasteiger partial charge in [0.2, 0.25) is 5.56 Å². The summed E-state index contributed by atoms with van der Waals surface area (Å²) < 4.78 is 4.93. The van der Waals surface area contributed by atoms with E-state index in [2.05, 4.69) is 15.2 Å². The summed E-state index contributed by atoms with van der Waals surface area (Å²) in [5.41, 5.74) is 4.89. The molecule has 0 bridgehead atoms. The Balaban J connectivity index is 2.20. The Bertz CT molecular complexity index is 1190. The van der Waals surface area contributed by atoms with Crippen molar-refractivity contribution >= 4 is 17.4 Å². The molecule has 6 nitrogen and oxygen atoms in total. The first kappa shape index (κ1) is 21.9. The average Bonchev–Trinajstić information content (AvgIpc) is 2.79. The van der Waals surface area contributed by atoms with Crippen LogP contribution >= 0.6 is 0 Å². The van der Waals surface area contributed by atoms with Gasteiger partial charge in [0.1, 0.15) is 0 Å². The van der Waals surface area contributed by atoms with Crippen LogP contribution in [0.1, 0.15) is 47.3 Å². The molecule has 1 aromatic heterocycles. The molecule has 158 valence electrons. The summed E-state index contributed by atoms with van der Waals surface area (Å²) in [7, 11) is 1.29. The zero-order valence-electron chi connectivity index (χ0n) is 18.1. The van der Waals surface area contributed by atoms with Gasteiger partial charge >= 0.3 is 5.97 Å². The van der Waals surface area contributed by atoms with Crippen LogP contribution in [0.15, 0.2) is 75.7 Å². The molecule has 2 aromatic carbocycles. The Hall–Kier alpha value is -3.80. The molecule has 0 aliphatic heterocycles. The summed E-state index contributed by atoms with van der Waals surface area (Å²) in [4.78, 5) is 27.6. The number of carbonyl (C=O) groups excluding carboxylic acids is 1. The third-order valence-corrected chi connectivity index (χ3v) is 4.91. The number of aromatic amines is 1. The number of aryl methyl sites for hydroxylation is 1. The number of nitrogens with zero attached hydrogens (tertiary/aromatic N) is 2. The number of esters is 1. The van der Waals surface area contributed by atoms with Crippen LogP contribution in [0.3, 0.4) is 0 Å². The minimum Gasteiger partial charge on any atom is -0.465 e. The van der Waals surface area contributed by atoms with Crippen molar-refractivity contribution in [3.63, 3.8) is 0 Å². The monoisotopic (exact) mass is 415 g/mol. The molecule has 0 atom stereocenters. The van der Waals surface area contributed by atoms with Gasteiger partial charge in [-0.3, -0.25) is 4.79 Å². The normalized spacial score (nSPS) is 12.0. The van der Waals surface area contributed by atoms with Gasteiger partial charge in [-0.2, -0.15) is 10.2 Å². The van der Waals surface area contributed by atoms with Crippen LogP contribution in [-0.2, 0) is 4.74 Å². The second-order valence-corrected chi connectivity index (χ2v) is 7.11. The molecule has 0 spiro atoms. The lowest BCUT2D eigenvalue weighted by Gasteiger charge is -2.13. The fraction of sp³-hybridized carbons (Fsp3) is 0.200. The number of rotatable bonds is 6. The van der Waals surface area contributed by atoms with Crippen LogP contribution < -0.4 is 5.56 Å². The molecule has 3 aromatic rings. The molecule has 31 heavy (non-hydrogen) atoms. The number of pyridine rings is 1. The number of ether oxygens (including phenoxy) is 1. The lowest BCUT2D eigenvalue weighted by atomic mass is 9.97. The zero-order valence-corrected chi connectivity index (χ0v) is 18.1. The SMILES string of the molecule is CC/C(=N/N=C(\C)c1c(C(=O)OC)cc(=O)[nH]c1-c1ccc(C)cc1)c1ccccc1. The largest absolute Gasteiger partial charge is 0.465 e. The van der Waals surface area contributed by atoms with Crippen molar-refractivity contribution in [2.24, 2.45) is 10.2 Å². The van der Waals surface area contributed by atoms with Gasteiger partial charge in [-0.15, -0.1) is 0 Å². The molecule has 6 heteroatoms. The van der Waals surface area contributed by atoms with Gasteiger partial charge in [-0.25, -0.2) is 4.79 Å². The first-order chi connectivity index (χ1) is 14.9. The lowest BCUT2D eigenvalue weighted by molar-refractivity contribution is 0.0600. The zero-order chi connectivity index (χ0) is 22.4. The quantitative estimate of drug-likeness (QED) is 0.358. The molecule has 0 saturated carbocycles. The average molecular weight is 415 g/mol. The number of hydrogen-bond acceptors (Lipinski definition) is 5. The van der Waals surface area contributed by atoms with Gasteiger partial charge in [-0.1, -0.05) is 67.1 Å². The summed E-state index contributed by atoms with van der Waals surface area (Å²) in [5, 5.41) is 8.87. The topological polar surface area (TPSA) is 83.9 Å². The van der Waals surface area contributed by atoms with E-state index in [0.29, 0.717) is 23.4 Å². The molecule has 0 saturated heterocycles. The van der Waals surface area contributed by atoms with E-state index in [1.165, 1.54) is 13.2 Å². The third-order valence-electron chi connectivity index (χ3n) is 4.91. The minimum atomic E-state index is -0.605. The molecule has 0 aliphatic carbocycles. The van der Waals surface area contributed by atoms with E-state index in [9.17, 15) is 9.59 Å². The van der Waals surface area contributed by atoms with Gasteiger partial charge in [0.15, 0.2) is 0 Å². The molecule has 1 heterocycles. The van der Waals surface area contributed by atoms with E-state index < -0.39 is 11.5 Å². The Morgan fingerprint density at radius 2 is 1.71 bits per heavy atom. The Morgan fingerprint density at radius 1 is 1.03 bits per heavy atom. The van der Waals surface area contributed by atoms with Gasteiger partial charge in [-0.05, 0) is 31.4 Å². The fourth-order valence-corrected chi connectivity index (χ4v) is 3.29. The lowest BCUT2D eigenvalue weighted by Crippen LogP contribution is -2.18. The number of nitrogens with one attached hydrogen (secondary N) is 1. The molecular weight excluding hydrogens is 390 g/mol. The molecule has 1 N–H and O–H groups in total. The number of hydrogen-bond donors (Lipinski definition) is 1. The number of methoxy groups -OCH3 is 1. The van der Waals surface area contributed by atoms with Gasteiger partial charge < -0.3 is 9.72 Å². The maximum atomic E-state index is 12.5. The maximum Gasteiger partial charge on any atom is 0.338 e. The van der Waals surface area contributed by atoms with Gasteiger partial charge in [0, 0.05) is 11.6 Å². The summed E-state index contributed by atoms with van der Waals surface area (Å²) in [6.07, 6.45) is 0.696. The molecule has 0 radical (unpaired) electrons. The highest BCUT2D eigenvalue weighted by Crippen LogP contribution is 2.25. The van der Waals surface area contributed by atoms with Gasteiger partial charge in [0.25, 0.3) is 0 Å². The molecule has 3 rings (SSSR count). The van der Waals surface area contributed by atoms with Crippen molar-refractivity contribution in [1.29, 1.82) is 0 Å². The summed E-state index contributed by atoms with van der Waals surface area (Å²) in [6.45, 7) is 5.75. The Kier molecular flexibility index (Phi) is 6.92. The second-order valence-electron chi connectivity index (χ2n) is 7.11. The van der Waals surface area contributed by atoms with Crippen molar-refractivity contribution in [1.82, 2.24) is 4.98 Å². The van der Waals surface area contributed by atoms with Crippen LogP contribution in [0.25, 0.3) is 11.3 Å². The molecule has 0 amide bonds. The van der Waals surface area contributed by atoms with E-state index in [4.69, 9.17) is 4.74 Å². The number of carbonyl (C=O) groups is 1. The van der Waals surface area contributed by atoms with Crippen molar-refractivity contribution in [2.45, 2.75) is 27.2 Å². The molecule has 0 unspecified atom stereocenters. The fourth-order valence-electron chi connectivity index (χ4n) is 3.29. The smallest absolute Gasteiger partial charge is 0.338 e. The molecule has 0 fully saturated rings. The predicted octanol–water partition coefficient (Wildman–Crippen LogP) is 4.76. The van der Waals surface area contributed by atoms with Crippen LogP contribution in [0.2, 0.25) is 0 Å².